The van der Waals surface area contributed by atoms with E-state index in [0.29, 0.717) is 36.3 Å². The predicted molar refractivity (Wildman–Crippen MR) is 117 cm³/mol. The molecule has 0 saturated heterocycles. The van der Waals surface area contributed by atoms with E-state index in [1.54, 1.807) is 13.8 Å². The fourth-order valence-electron chi connectivity index (χ4n) is 3.57. The van der Waals surface area contributed by atoms with Gasteiger partial charge in [-0.3, -0.25) is 0 Å². The summed E-state index contributed by atoms with van der Waals surface area (Å²) in [4.78, 5) is 12.9. The maximum Gasteiger partial charge on any atom is 0.417 e. The molecule has 0 atom stereocenters. The highest BCUT2D eigenvalue weighted by Gasteiger charge is 2.35. The number of hydrogen-bond donors (Lipinski definition) is 2. The number of ether oxygens (including phenoxy) is 1. The topological polar surface area (TPSA) is 99.4 Å². The lowest BCUT2D eigenvalue weighted by Crippen LogP contribution is -2.17. The molecule has 2 aromatic carbocycles. The molecule has 0 bridgehead atoms. The Morgan fingerprint density at radius 1 is 1.09 bits per heavy atom. The van der Waals surface area contributed by atoms with Gasteiger partial charge >= 0.3 is 6.18 Å². The molecule has 1 aromatic heterocycles. The fraction of sp³-hybridized carbons (Fsp3) is 0.261. The van der Waals surface area contributed by atoms with E-state index >= 15 is 0 Å². The molecule has 0 fully saturated rings. The molecular formula is C23H21F4N5O. The van der Waals surface area contributed by atoms with Crippen LogP contribution in [0.25, 0.3) is 11.4 Å². The van der Waals surface area contributed by atoms with Crippen LogP contribution in [0.15, 0.2) is 35.3 Å². The number of rotatable bonds is 3. The van der Waals surface area contributed by atoms with Crippen molar-refractivity contribution in [3.63, 3.8) is 0 Å². The third-order valence-electron chi connectivity index (χ3n) is 5.42. The predicted octanol–water partition coefficient (Wildman–Crippen LogP) is 4.86. The number of fused-ring (bicyclic) bond motifs is 1. The van der Waals surface area contributed by atoms with Crippen molar-refractivity contribution in [1.29, 1.82) is 0 Å². The molecule has 33 heavy (non-hydrogen) atoms. The minimum absolute atomic E-state index is 0.0396. The quantitative estimate of drug-likeness (QED) is 0.252. The molecule has 4 N–H and O–H groups in total. The third-order valence-corrected chi connectivity index (χ3v) is 5.42. The Balaban J connectivity index is 1.93. The lowest BCUT2D eigenvalue weighted by Gasteiger charge is -2.20. The van der Waals surface area contributed by atoms with Gasteiger partial charge in [0.15, 0.2) is 11.6 Å². The van der Waals surface area contributed by atoms with Crippen molar-refractivity contribution in [3.8, 4) is 17.1 Å². The number of benzene rings is 2. The molecule has 0 aliphatic carbocycles. The number of nitrogen functional groups attached to an aromatic ring is 1. The van der Waals surface area contributed by atoms with Gasteiger partial charge in [-0.05, 0) is 68.1 Å². The number of amidine groups is 1. The van der Waals surface area contributed by atoms with Crippen LogP contribution < -0.4 is 16.2 Å². The zero-order chi connectivity index (χ0) is 23.9. The van der Waals surface area contributed by atoms with E-state index < -0.39 is 17.6 Å². The van der Waals surface area contributed by atoms with Gasteiger partial charge in [0.25, 0.3) is 0 Å². The van der Waals surface area contributed by atoms with Crippen LogP contribution in [0, 0.1) is 19.7 Å². The van der Waals surface area contributed by atoms with Gasteiger partial charge < -0.3 is 16.2 Å². The van der Waals surface area contributed by atoms with Crippen LogP contribution in [-0.4, -0.2) is 22.4 Å². The normalized spacial score (nSPS) is 14.1. The maximum atomic E-state index is 13.8. The zero-order valence-corrected chi connectivity index (χ0v) is 17.9. The molecule has 6 nitrogen and oxygen atoms in total. The first-order chi connectivity index (χ1) is 15.5. The Kier molecular flexibility index (Phi) is 5.69. The van der Waals surface area contributed by atoms with Crippen LogP contribution in [0.3, 0.4) is 0 Å². The number of alkyl halides is 3. The Bertz CT molecular complexity index is 1270. The Morgan fingerprint density at radius 2 is 1.82 bits per heavy atom. The Labute approximate surface area is 187 Å². The summed E-state index contributed by atoms with van der Waals surface area (Å²) < 4.78 is 60.8. The molecule has 0 radical (unpaired) electrons. The zero-order valence-electron chi connectivity index (χ0n) is 17.9. The van der Waals surface area contributed by atoms with Crippen LogP contribution in [0.4, 0.5) is 29.1 Å². The number of anilines is 1. The van der Waals surface area contributed by atoms with Gasteiger partial charge in [0.05, 0.1) is 17.9 Å². The number of hydrogen-bond acceptors (Lipinski definition) is 5. The van der Waals surface area contributed by atoms with Crippen LogP contribution in [-0.2, 0) is 12.6 Å². The van der Waals surface area contributed by atoms with Crippen molar-refractivity contribution in [2.45, 2.75) is 32.9 Å². The second-order valence-corrected chi connectivity index (χ2v) is 7.81. The molecule has 172 valence electrons. The summed E-state index contributed by atoms with van der Waals surface area (Å²) in [5.41, 5.74) is 12.9. The van der Waals surface area contributed by atoms with Crippen LogP contribution >= 0.6 is 0 Å². The maximum absolute atomic E-state index is 13.8. The summed E-state index contributed by atoms with van der Waals surface area (Å²) in [5, 5.41) is 0. The molecular weight excluding hydrogens is 438 g/mol. The number of aromatic nitrogens is 2. The summed E-state index contributed by atoms with van der Waals surface area (Å²) in [7, 11) is 0. The second kappa shape index (κ2) is 8.34. The number of aliphatic imine (C=N–C) groups is 1. The standard InChI is InChI=1S/C23H21F4N5O/c1-11-8-14(16(9-12(11)2)23(25,26)27)21-30-18-4-3-7-33-19(18)22(32-21)31-20(29)15-10-13(24)5-6-17(15)28/h5-6,8-10H,3-4,7,28H2,1-2H3,(H2,29,30,31,32). The third kappa shape index (κ3) is 4.46. The van der Waals surface area contributed by atoms with E-state index in [1.807, 2.05) is 0 Å². The molecule has 4 rings (SSSR count). The summed E-state index contributed by atoms with van der Waals surface area (Å²) in [6.45, 7) is 3.69. The van der Waals surface area contributed by atoms with E-state index in [9.17, 15) is 17.6 Å². The number of halogens is 4. The number of aryl methyl sites for hydroxylation is 3. The van der Waals surface area contributed by atoms with Crippen molar-refractivity contribution < 1.29 is 22.3 Å². The van der Waals surface area contributed by atoms with Crippen molar-refractivity contribution in [2.24, 2.45) is 10.7 Å². The van der Waals surface area contributed by atoms with Gasteiger partial charge in [0.2, 0.25) is 5.82 Å². The molecule has 0 spiro atoms. The molecule has 2 heterocycles. The van der Waals surface area contributed by atoms with Gasteiger partial charge in [-0.2, -0.15) is 13.2 Å². The van der Waals surface area contributed by atoms with E-state index in [4.69, 9.17) is 16.2 Å². The highest BCUT2D eigenvalue weighted by Crippen LogP contribution is 2.40. The first-order valence-corrected chi connectivity index (χ1v) is 10.2. The van der Waals surface area contributed by atoms with Crippen molar-refractivity contribution >= 4 is 17.3 Å². The lowest BCUT2D eigenvalue weighted by atomic mass is 9.98. The van der Waals surface area contributed by atoms with E-state index in [-0.39, 0.29) is 40.0 Å². The largest absolute Gasteiger partial charge is 0.488 e. The molecule has 1 aliphatic rings. The van der Waals surface area contributed by atoms with Crippen LogP contribution in [0.1, 0.15) is 34.4 Å². The lowest BCUT2D eigenvalue weighted by molar-refractivity contribution is -0.137. The average molecular weight is 459 g/mol. The van der Waals surface area contributed by atoms with Crippen molar-refractivity contribution in [1.82, 2.24) is 9.97 Å². The molecule has 3 aromatic rings. The fourth-order valence-corrected chi connectivity index (χ4v) is 3.57. The smallest absolute Gasteiger partial charge is 0.417 e. The van der Waals surface area contributed by atoms with Gasteiger partial charge in [0.1, 0.15) is 11.7 Å². The van der Waals surface area contributed by atoms with E-state index in [1.165, 1.54) is 18.2 Å². The van der Waals surface area contributed by atoms with E-state index in [0.717, 1.165) is 12.1 Å². The molecule has 10 heteroatoms. The molecule has 0 amide bonds. The monoisotopic (exact) mass is 459 g/mol. The SMILES string of the molecule is Cc1cc(-c2nc3c(c(N=C(N)c4cc(F)ccc4N)n2)OCCC3)c(C(F)(F)F)cc1C. The summed E-state index contributed by atoms with van der Waals surface area (Å²) in [6.07, 6.45) is -3.50. The molecule has 1 aliphatic heterocycles. The summed E-state index contributed by atoms with van der Waals surface area (Å²) in [6, 6.07) is 6.13. The summed E-state index contributed by atoms with van der Waals surface area (Å²) in [5.74, 6) is -0.663. The van der Waals surface area contributed by atoms with Gasteiger partial charge in [0, 0.05) is 16.8 Å². The van der Waals surface area contributed by atoms with Crippen LogP contribution in [0.2, 0.25) is 0 Å². The first kappa shape index (κ1) is 22.5. The Hall–Kier alpha value is -3.69. The summed E-state index contributed by atoms with van der Waals surface area (Å²) >= 11 is 0. The van der Waals surface area contributed by atoms with Crippen molar-refractivity contribution in [3.05, 3.63) is 64.1 Å². The highest BCUT2D eigenvalue weighted by atomic mass is 19.4. The van der Waals surface area contributed by atoms with E-state index in [2.05, 4.69) is 15.0 Å². The minimum Gasteiger partial charge on any atom is -0.488 e. The molecule has 0 unspecified atom stereocenters. The second-order valence-electron chi connectivity index (χ2n) is 7.81. The van der Waals surface area contributed by atoms with Gasteiger partial charge in [-0.25, -0.2) is 19.4 Å². The van der Waals surface area contributed by atoms with Crippen LogP contribution in [0.5, 0.6) is 5.75 Å². The van der Waals surface area contributed by atoms with Gasteiger partial charge in [-0.15, -0.1) is 0 Å². The minimum atomic E-state index is -4.61. The molecule has 0 saturated carbocycles. The highest BCUT2D eigenvalue weighted by molar-refractivity contribution is 6.03. The number of nitrogens with two attached hydrogens (primary N) is 2. The average Bonchev–Trinajstić information content (AvgIpc) is 2.76. The first-order valence-electron chi connectivity index (χ1n) is 10.2. The van der Waals surface area contributed by atoms with Crippen molar-refractivity contribution in [2.75, 3.05) is 12.3 Å². The van der Waals surface area contributed by atoms with Gasteiger partial charge in [-0.1, -0.05) is 0 Å². The number of nitrogens with zero attached hydrogens (tertiary/aromatic N) is 3. The Morgan fingerprint density at radius 3 is 2.55 bits per heavy atom.